The van der Waals surface area contributed by atoms with E-state index in [9.17, 15) is 13.2 Å². The summed E-state index contributed by atoms with van der Waals surface area (Å²) >= 11 is 1.66. The van der Waals surface area contributed by atoms with Crippen molar-refractivity contribution >= 4 is 33.0 Å². The molecule has 0 bridgehead atoms. The second kappa shape index (κ2) is 6.31. The van der Waals surface area contributed by atoms with Crippen molar-refractivity contribution in [1.82, 2.24) is 4.72 Å². The normalized spacial score (nSPS) is 15.7. The van der Waals surface area contributed by atoms with Crippen molar-refractivity contribution in [3.63, 3.8) is 0 Å². The molecule has 24 heavy (non-hydrogen) atoms. The Morgan fingerprint density at radius 3 is 2.62 bits per heavy atom. The predicted molar refractivity (Wildman–Crippen MR) is 95.9 cm³/mol. The molecule has 7 heteroatoms. The van der Waals surface area contributed by atoms with Gasteiger partial charge in [-0.2, -0.15) is 0 Å². The van der Waals surface area contributed by atoms with Crippen LogP contribution in [0.3, 0.4) is 0 Å². The van der Waals surface area contributed by atoms with Crippen molar-refractivity contribution < 1.29 is 13.2 Å². The van der Waals surface area contributed by atoms with Crippen LogP contribution in [0.2, 0.25) is 0 Å². The van der Waals surface area contributed by atoms with E-state index in [-0.39, 0.29) is 16.8 Å². The van der Waals surface area contributed by atoms with Crippen LogP contribution in [0.5, 0.6) is 0 Å². The highest BCUT2D eigenvalue weighted by Gasteiger charge is 2.23. The maximum Gasteiger partial charge on any atom is 0.241 e. The van der Waals surface area contributed by atoms with Gasteiger partial charge in [0.05, 0.1) is 4.90 Å². The molecule has 0 spiro atoms. The zero-order valence-corrected chi connectivity index (χ0v) is 15.5. The Kier molecular flexibility index (Phi) is 4.50. The molecule has 128 valence electrons. The molecular formula is C17H20N2O3S2. The van der Waals surface area contributed by atoms with E-state index in [1.807, 2.05) is 26.8 Å². The maximum atomic E-state index is 12.7. The van der Waals surface area contributed by atoms with Gasteiger partial charge < -0.3 is 5.32 Å². The number of carbonyl (C=O) groups is 1. The van der Waals surface area contributed by atoms with Gasteiger partial charge in [0.15, 0.2) is 0 Å². The van der Waals surface area contributed by atoms with Crippen molar-refractivity contribution in [2.75, 3.05) is 5.32 Å². The summed E-state index contributed by atoms with van der Waals surface area (Å²) in [4.78, 5) is 13.9. The van der Waals surface area contributed by atoms with Crippen LogP contribution in [0.1, 0.15) is 40.3 Å². The van der Waals surface area contributed by atoms with Gasteiger partial charge in [-0.1, -0.05) is 0 Å². The van der Waals surface area contributed by atoms with E-state index in [2.05, 4.69) is 10.0 Å². The van der Waals surface area contributed by atoms with Gasteiger partial charge in [-0.25, -0.2) is 13.1 Å². The first-order chi connectivity index (χ1) is 11.3. The first-order valence-corrected chi connectivity index (χ1v) is 10.1. The molecule has 2 N–H and O–H groups in total. The van der Waals surface area contributed by atoms with Crippen LogP contribution in [0.15, 0.2) is 29.2 Å². The molecule has 0 saturated carbocycles. The number of thiophene rings is 1. The standard InChI is InChI=1S/C17H20N2O3S2/c1-10-8-15(12(3)23-10)11(2)19-24(21,22)14-5-6-16-13(9-14)4-7-17(20)18-16/h5-6,8-9,11,19H,4,7H2,1-3H3,(H,18,20). The SMILES string of the molecule is Cc1cc(C(C)NS(=O)(=O)c2ccc3c(c2)CCC(=O)N3)c(C)s1. The average molecular weight is 364 g/mol. The maximum absolute atomic E-state index is 12.7. The second-order valence-electron chi connectivity index (χ2n) is 6.08. The fourth-order valence-electron chi connectivity index (χ4n) is 2.97. The average Bonchev–Trinajstić information content (AvgIpc) is 2.85. The molecule has 3 rings (SSSR count). The number of aryl methyl sites for hydroxylation is 3. The lowest BCUT2D eigenvalue weighted by Gasteiger charge is -2.19. The van der Waals surface area contributed by atoms with Crippen LogP contribution in [-0.2, 0) is 21.2 Å². The summed E-state index contributed by atoms with van der Waals surface area (Å²) in [5.74, 6) is -0.0341. The monoisotopic (exact) mass is 364 g/mol. The number of amides is 1. The van der Waals surface area contributed by atoms with Gasteiger partial charge in [-0.15, -0.1) is 11.3 Å². The van der Waals surface area contributed by atoms with E-state index in [1.54, 1.807) is 23.5 Å². The summed E-state index contributed by atoms with van der Waals surface area (Å²) in [5, 5.41) is 2.76. The highest BCUT2D eigenvalue weighted by molar-refractivity contribution is 7.89. The molecule has 2 aromatic rings. The first kappa shape index (κ1) is 17.1. The van der Waals surface area contributed by atoms with Crippen LogP contribution in [0, 0.1) is 13.8 Å². The van der Waals surface area contributed by atoms with Crippen molar-refractivity contribution in [1.29, 1.82) is 0 Å². The molecule has 0 aliphatic carbocycles. The first-order valence-electron chi connectivity index (χ1n) is 7.78. The number of hydrogen-bond donors (Lipinski definition) is 2. The van der Waals surface area contributed by atoms with Crippen LogP contribution >= 0.6 is 11.3 Å². The van der Waals surface area contributed by atoms with Crippen LogP contribution in [0.4, 0.5) is 5.69 Å². The summed E-state index contributed by atoms with van der Waals surface area (Å²) in [7, 11) is -3.62. The lowest BCUT2D eigenvalue weighted by Crippen LogP contribution is -2.27. The third-order valence-corrected chi connectivity index (χ3v) is 6.68. The van der Waals surface area contributed by atoms with Gasteiger partial charge in [0, 0.05) is 27.9 Å². The van der Waals surface area contributed by atoms with Gasteiger partial charge in [0.2, 0.25) is 15.9 Å². The minimum absolute atomic E-state index is 0.0341. The molecular weight excluding hydrogens is 344 g/mol. The molecule has 5 nitrogen and oxygen atoms in total. The Morgan fingerprint density at radius 2 is 1.96 bits per heavy atom. The topological polar surface area (TPSA) is 75.3 Å². The van der Waals surface area contributed by atoms with Gasteiger partial charge in [0.1, 0.15) is 0 Å². The summed E-state index contributed by atoms with van der Waals surface area (Å²) in [6.45, 7) is 5.87. The zero-order chi connectivity index (χ0) is 17.5. The molecule has 1 aliphatic rings. The fraction of sp³-hybridized carbons (Fsp3) is 0.353. The van der Waals surface area contributed by atoms with E-state index >= 15 is 0 Å². The number of anilines is 1. The van der Waals surface area contributed by atoms with E-state index in [0.29, 0.717) is 18.5 Å². The number of sulfonamides is 1. The number of fused-ring (bicyclic) bond motifs is 1. The van der Waals surface area contributed by atoms with Crippen LogP contribution < -0.4 is 10.0 Å². The highest BCUT2D eigenvalue weighted by atomic mass is 32.2. The predicted octanol–water partition coefficient (Wildman–Crippen LogP) is 3.29. The van der Waals surface area contributed by atoms with Gasteiger partial charge in [0.25, 0.3) is 0 Å². The molecule has 1 amide bonds. The smallest absolute Gasteiger partial charge is 0.241 e. The fourth-order valence-corrected chi connectivity index (χ4v) is 5.27. The Hall–Kier alpha value is -1.70. The number of benzene rings is 1. The summed E-state index contributed by atoms with van der Waals surface area (Å²) in [5.41, 5.74) is 2.56. The number of hydrogen-bond acceptors (Lipinski definition) is 4. The van der Waals surface area contributed by atoms with Crippen LogP contribution in [0.25, 0.3) is 0 Å². The minimum Gasteiger partial charge on any atom is -0.326 e. The molecule has 0 radical (unpaired) electrons. The summed E-state index contributed by atoms with van der Waals surface area (Å²) in [6, 6.07) is 6.57. The van der Waals surface area contributed by atoms with Gasteiger partial charge in [-0.3, -0.25) is 4.79 Å². The summed E-state index contributed by atoms with van der Waals surface area (Å²) in [6.07, 6.45) is 0.941. The summed E-state index contributed by atoms with van der Waals surface area (Å²) < 4.78 is 28.1. The lowest BCUT2D eigenvalue weighted by atomic mass is 10.0. The van der Waals surface area contributed by atoms with Crippen molar-refractivity contribution in [2.24, 2.45) is 0 Å². The van der Waals surface area contributed by atoms with Gasteiger partial charge in [-0.05, 0) is 62.6 Å². The number of rotatable bonds is 4. The Labute approximate surface area is 146 Å². The molecule has 1 aromatic heterocycles. The Balaban J connectivity index is 1.85. The van der Waals surface area contributed by atoms with E-state index in [1.165, 1.54) is 6.07 Å². The van der Waals surface area contributed by atoms with E-state index in [4.69, 9.17) is 0 Å². The molecule has 1 aliphatic heterocycles. The Morgan fingerprint density at radius 1 is 1.21 bits per heavy atom. The molecule has 1 aromatic carbocycles. The third kappa shape index (κ3) is 3.38. The van der Waals surface area contributed by atoms with Crippen molar-refractivity contribution in [3.8, 4) is 0 Å². The molecule has 0 saturated heterocycles. The van der Waals surface area contributed by atoms with Crippen molar-refractivity contribution in [2.45, 2.75) is 44.6 Å². The second-order valence-corrected chi connectivity index (χ2v) is 9.25. The number of nitrogens with one attached hydrogen (secondary N) is 2. The third-order valence-electron chi connectivity index (χ3n) is 4.16. The van der Waals surface area contributed by atoms with Crippen LogP contribution in [-0.4, -0.2) is 14.3 Å². The minimum atomic E-state index is -3.62. The largest absolute Gasteiger partial charge is 0.326 e. The van der Waals surface area contributed by atoms with Crippen molar-refractivity contribution in [3.05, 3.63) is 45.1 Å². The zero-order valence-electron chi connectivity index (χ0n) is 13.8. The van der Waals surface area contributed by atoms with E-state index in [0.717, 1.165) is 20.9 Å². The van der Waals surface area contributed by atoms with Gasteiger partial charge >= 0.3 is 0 Å². The molecule has 1 unspecified atom stereocenters. The Bertz CT molecular complexity index is 901. The molecule has 1 atom stereocenters. The highest BCUT2D eigenvalue weighted by Crippen LogP contribution is 2.29. The molecule has 2 heterocycles. The quantitative estimate of drug-likeness (QED) is 0.874. The molecule has 0 fully saturated rings. The lowest BCUT2D eigenvalue weighted by molar-refractivity contribution is -0.116. The van der Waals surface area contributed by atoms with E-state index < -0.39 is 10.0 Å². The number of carbonyl (C=O) groups excluding carboxylic acids is 1.